The maximum Gasteiger partial charge on any atom is 0.214 e. The summed E-state index contributed by atoms with van der Waals surface area (Å²) >= 11 is 0. The van der Waals surface area contributed by atoms with Gasteiger partial charge in [0.1, 0.15) is 0 Å². The number of hydrogen-bond acceptors (Lipinski definition) is 4. The highest BCUT2D eigenvalue weighted by molar-refractivity contribution is 5.92. The molecule has 3 aromatic carbocycles. The van der Waals surface area contributed by atoms with Crippen molar-refractivity contribution in [3.63, 3.8) is 0 Å². The highest BCUT2D eigenvalue weighted by Gasteiger charge is 2.28. The Morgan fingerprint density at radius 2 is 1.63 bits per heavy atom. The zero-order valence-corrected chi connectivity index (χ0v) is 16.8. The molecule has 6 heteroatoms. The maximum absolute atomic E-state index is 11.7. The molecule has 1 aromatic heterocycles. The lowest BCUT2D eigenvalue weighted by Gasteiger charge is -2.18. The standard InChI is InChI=1S/C24H22N2O4/c1-29-21-13-12-17(14-22(21)30-2)19(15-26(27)28)23-18-10-6-7-11-20(18)25-24(23)16-8-4-3-5-9-16/h3-14,19,25H,15H2,1-2H3. The molecule has 4 rings (SSSR count). The van der Waals surface area contributed by atoms with E-state index in [2.05, 4.69) is 4.98 Å². The molecule has 1 unspecified atom stereocenters. The fraction of sp³-hybridized carbons (Fsp3) is 0.167. The van der Waals surface area contributed by atoms with Crippen LogP contribution in [0.15, 0.2) is 72.8 Å². The van der Waals surface area contributed by atoms with Crippen molar-refractivity contribution in [3.8, 4) is 22.8 Å². The van der Waals surface area contributed by atoms with Gasteiger partial charge < -0.3 is 14.5 Å². The molecule has 152 valence electrons. The summed E-state index contributed by atoms with van der Waals surface area (Å²) in [7, 11) is 3.13. The quantitative estimate of drug-likeness (QED) is 0.338. The first-order valence-electron chi connectivity index (χ1n) is 9.62. The molecule has 0 bridgehead atoms. The number of nitro groups is 1. The zero-order valence-electron chi connectivity index (χ0n) is 16.8. The minimum absolute atomic E-state index is 0.239. The summed E-state index contributed by atoms with van der Waals surface area (Å²) < 4.78 is 10.8. The average Bonchev–Trinajstić information content (AvgIpc) is 3.17. The molecular formula is C24H22N2O4. The first-order chi connectivity index (χ1) is 14.6. The summed E-state index contributed by atoms with van der Waals surface area (Å²) in [4.78, 5) is 14.9. The number of rotatable bonds is 7. The fourth-order valence-corrected chi connectivity index (χ4v) is 3.94. The number of ether oxygens (including phenoxy) is 2. The predicted molar refractivity (Wildman–Crippen MR) is 117 cm³/mol. The topological polar surface area (TPSA) is 77.4 Å². The van der Waals surface area contributed by atoms with Crippen LogP contribution in [0.25, 0.3) is 22.2 Å². The number of fused-ring (bicyclic) bond motifs is 1. The second kappa shape index (κ2) is 8.29. The van der Waals surface area contributed by atoms with Crippen LogP contribution in [0.1, 0.15) is 17.0 Å². The van der Waals surface area contributed by atoms with Crippen LogP contribution in [0.3, 0.4) is 0 Å². The van der Waals surface area contributed by atoms with Crippen LogP contribution in [0.5, 0.6) is 11.5 Å². The van der Waals surface area contributed by atoms with Gasteiger partial charge in [-0.15, -0.1) is 0 Å². The molecule has 6 nitrogen and oxygen atoms in total. The van der Waals surface area contributed by atoms with Crippen molar-refractivity contribution in [2.24, 2.45) is 0 Å². The molecule has 1 atom stereocenters. The smallest absolute Gasteiger partial charge is 0.214 e. The molecule has 1 heterocycles. The fourth-order valence-electron chi connectivity index (χ4n) is 3.94. The van der Waals surface area contributed by atoms with Crippen LogP contribution in [0.2, 0.25) is 0 Å². The lowest BCUT2D eigenvalue weighted by atomic mass is 9.87. The number of benzene rings is 3. The number of nitrogens with one attached hydrogen (secondary N) is 1. The molecule has 0 aliphatic carbocycles. The van der Waals surface area contributed by atoms with Gasteiger partial charge in [-0.2, -0.15) is 0 Å². The van der Waals surface area contributed by atoms with E-state index in [9.17, 15) is 10.1 Å². The van der Waals surface area contributed by atoms with Gasteiger partial charge in [0, 0.05) is 15.8 Å². The molecule has 0 aliphatic heterocycles. The summed E-state index contributed by atoms with van der Waals surface area (Å²) in [6, 6.07) is 23.3. The monoisotopic (exact) mass is 402 g/mol. The number of methoxy groups -OCH3 is 2. The van der Waals surface area contributed by atoms with Gasteiger partial charge in [0.05, 0.1) is 25.8 Å². The Kier molecular flexibility index (Phi) is 5.39. The van der Waals surface area contributed by atoms with Crippen LogP contribution in [-0.4, -0.2) is 30.7 Å². The zero-order chi connectivity index (χ0) is 21.1. The Morgan fingerprint density at radius 3 is 2.33 bits per heavy atom. The number of H-pyrrole nitrogens is 1. The van der Waals surface area contributed by atoms with Crippen molar-refractivity contribution in [3.05, 3.63) is 94.0 Å². The van der Waals surface area contributed by atoms with Crippen molar-refractivity contribution in [1.82, 2.24) is 4.98 Å². The molecule has 0 saturated carbocycles. The van der Waals surface area contributed by atoms with Crippen molar-refractivity contribution in [2.75, 3.05) is 20.8 Å². The second-order valence-electron chi connectivity index (χ2n) is 7.01. The number of para-hydroxylation sites is 1. The average molecular weight is 402 g/mol. The van der Waals surface area contributed by atoms with Gasteiger partial charge in [0.25, 0.3) is 0 Å². The van der Waals surface area contributed by atoms with Gasteiger partial charge in [-0.1, -0.05) is 54.6 Å². The molecule has 4 aromatic rings. The summed E-state index contributed by atoms with van der Waals surface area (Å²) in [5.41, 5.74) is 4.52. The van der Waals surface area contributed by atoms with Gasteiger partial charge in [-0.25, -0.2) is 0 Å². The van der Waals surface area contributed by atoms with E-state index in [1.807, 2.05) is 66.7 Å². The second-order valence-corrected chi connectivity index (χ2v) is 7.01. The van der Waals surface area contributed by atoms with Crippen molar-refractivity contribution in [1.29, 1.82) is 0 Å². The highest BCUT2D eigenvalue weighted by atomic mass is 16.6. The Hall–Kier alpha value is -3.80. The van der Waals surface area contributed by atoms with Crippen LogP contribution >= 0.6 is 0 Å². The molecule has 0 fully saturated rings. The van der Waals surface area contributed by atoms with Gasteiger partial charge in [-0.3, -0.25) is 10.1 Å². The predicted octanol–water partition coefficient (Wildman–Crippen LogP) is 5.26. The molecule has 30 heavy (non-hydrogen) atoms. The molecule has 0 saturated heterocycles. The van der Waals surface area contributed by atoms with Crippen LogP contribution in [0.4, 0.5) is 0 Å². The van der Waals surface area contributed by atoms with E-state index in [0.29, 0.717) is 11.5 Å². The highest BCUT2D eigenvalue weighted by Crippen LogP contribution is 2.41. The number of hydrogen-bond donors (Lipinski definition) is 1. The molecule has 0 radical (unpaired) electrons. The lowest BCUT2D eigenvalue weighted by molar-refractivity contribution is -0.481. The maximum atomic E-state index is 11.7. The summed E-state index contributed by atoms with van der Waals surface area (Å²) in [5, 5.41) is 12.6. The molecule has 0 spiro atoms. The summed E-state index contributed by atoms with van der Waals surface area (Å²) in [6.45, 7) is -0.239. The van der Waals surface area contributed by atoms with Crippen LogP contribution in [-0.2, 0) is 0 Å². The molecule has 0 amide bonds. The first-order valence-corrected chi connectivity index (χ1v) is 9.62. The largest absolute Gasteiger partial charge is 0.493 e. The van der Waals surface area contributed by atoms with Gasteiger partial charge in [-0.05, 0) is 34.9 Å². The van der Waals surface area contributed by atoms with Crippen molar-refractivity contribution >= 4 is 10.9 Å². The number of aromatic nitrogens is 1. The minimum Gasteiger partial charge on any atom is -0.493 e. The van der Waals surface area contributed by atoms with E-state index in [4.69, 9.17) is 9.47 Å². The van der Waals surface area contributed by atoms with Gasteiger partial charge in [0.2, 0.25) is 6.54 Å². The SMILES string of the molecule is COc1ccc(C(C[N+](=O)[O-])c2c(-c3ccccc3)[nH]c3ccccc23)cc1OC. The van der Waals surface area contributed by atoms with Crippen molar-refractivity contribution < 1.29 is 14.4 Å². The van der Waals surface area contributed by atoms with E-state index in [1.165, 1.54) is 0 Å². The van der Waals surface area contributed by atoms with E-state index in [0.717, 1.165) is 33.3 Å². The summed E-state index contributed by atoms with van der Waals surface area (Å²) in [6.07, 6.45) is 0. The summed E-state index contributed by atoms with van der Waals surface area (Å²) in [5.74, 6) is 0.666. The Bertz CT molecular complexity index is 1180. The van der Waals surface area contributed by atoms with E-state index in [1.54, 1.807) is 20.3 Å². The van der Waals surface area contributed by atoms with Crippen molar-refractivity contribution in [2.45, 2.75) is 5.92 Å². The Labute approximate surface area is 174 Å². The van der Waals surface area contributed by atoms with E-state index >= 15 is 0 Å². The third-order valence-corrected chi connectivity index (χ3v) is 5.30. The van der Waals surface area contributed by atoms with Crippen LogP contribution < -0.4 is 9.47 Å². The lowest BCUT2D eigenvalue weighted by Crippen LogP contribution is -2.15. The number of nitrogens with zero attached hydrogens (tertiary/aromatic N) is 1. The van der Waals surface area contributed by atoms with Gasteiger partial charge in [0.15, 0.2) is 11.5 Å². The Morgan fingerprint density at radius 1 is 0.933 bits per heavy atom. The Balaban J connectivity index is 1.97. The number of aromatic amines is 1. The third kappa shape index (κ3) is 3.59. The van der Waals surface area contributed by atoms with Gasteiger partial charge >= 0.3 is 0 Å². The first kappa shape index (κ1) is 19.5. The molecule has 0 aliphatic rings. The molecule has 1 N–H and O–H groups in total. The van der Waals surface area contributed by atoms with Crippen LogP contribution in [0, 0.1) is 10.1 Å². The third-order valence-electron chi connectivity index (χ3n) is 5.30. The molecular weight excluding hydrogens is 380 g/mol. The van der Waals surface area contributed by atoms with E-state index in [-0.39, 0.29) is 11.5 Å². The minimum atomic E-state index is -0.467. The van der Waals surface area contributed by atoms with E-state index < -0.39 is 5.92 Å². The normalized spacial score (nSPS) is 11.9.